The topological polar surface area (TPSA) is 52.6 Å². The molecule has 2 N–H and O–H groups in total. The summed E-state index contributed by atoms with van der Waals surface area (Å²) in [6, 6.07) is 6.20. The average Bonchev–Trinajstić information content (AvgIpc) is 2.41. The summed E-state index contributed by atoms with van der Waals surface area (Å²) in [4.78, 5) is 12.9. The SMILES string of the molecule is C=C1CCNc2ccc(CCC(=O)O)cc2CN1CC. The number of carboxylic acid groups (broad SMARTS) is 1. The Hall–Kier alpha value is -1.97. The van der Waals surface area contributed by atoms with E-state index in [1.54, 1.807) is 0 Å². The van der Waals surface area contributed by atoms with Gasteiger partial charge in [-0.2, -0.15) is 0 Å². The van der Waals surface area contributed by atoms with Gasteiger partial charge in [-0.1, -0.05) is 18.7 Å². The van der Waals surface area contributed by atoms with Crippen molar-refractivity contribution < 1.29 is 9.90 Å². The van der Waals surface area contributed by atoms with Crippen molar-refractivity contribution in [3.63, 3.8) is 0 Å². The molecule has 4 nitrogen and oxygen atoms in total. The second kappa shape index (κ2) is 6.46. The van der Waals surface area contributed by atoms with Crippen molar-refractivity contribution in [2.45, 2.75) is 32.7 Å². The molecule has 20 heavy (non-hydrogen) atoms. The first-order valence-corrected chi connectivity index (χ1v) is 7.10. The summed E-state index contributed by atoms with van der Waals surface area (Å²) in [5.41, 5.74) is 4.60. The van der Waals surface area contributed by atoms with Gasteiger partial charge in [0, 0.05) is 43.9 Å². The Morgan fingerprint density at radius 2 is 2.30 bits per heavy atom. The molecule has 0 radical (unpaired) electrons. The van der Waals surface area contributed by atoms with Gasteiger partial charge in [0.25, 0.3) is 0 Å². The van der Waals surface area contributed by atoms with Crippen LogP contribution in [-0.2, 0) is 17.8 Å². The number of carboxylic acids is 1. The van der Waals surface area contributed by atoms with E-state index in [-0.39, 0.29) is 6.42 Å². The van der Waals surface area contributed by atoms with Gasteiger partial charge in [-0.3, -0.25) is 4.79 Å². The third kappa shape index (κ3) is 3.53. The number of benzene rings is 1. The first-order chi connectivity index (χ1) is 9.60. The highest BCUT2D eigenvalue weighted by Gasteiger charge is 2.14. The number of nitrogens with one attached hydrogen (secondary N) is 1. The Balaban J connectivity index is 2.20. The van der Waals surface area contributed by atoms with E-state index in [2.05, 4.69) is 35.9 Å². The summed E-state index contributed by atoms with van der Waals surface area (Å²) in [5, 5.41) is 12.2. The zero-order chi connectivity index (χ0) is 14.5. The Labute approximate surface area is 120 Å². The first-order valence-electron chi connectivity index (χ1n) is 7.10. The second-order valence-corrected chi connectivity index (χ2v) is 5.14. The molecule has 2 rings (SSSR count). The number of hydrogen-bond acceptors (Lipinski definition) is 3. The highest BCUT2D eigenvalue weighted by Crippen LogP contribution is 2.24. The van der Waals surface area contributed by atoms with Crippen LogP contribution in [0.3, 0.4) is 0 Å². The van der Waals surface area contributed by atoms with Crippen LogP contribution in [0.1, 0.15) is 30.9 Å². The van der Waals surface area contributed by atoms with E-state index in [1.165, 1.54) is 5.56 Å². The number of fused-ring (bicyclic) bond motifs is 1. The minimum absolute atomic E-state index is 0.177. The normalized spacial score (nSPS) is 15.1. The molecule has 1 aromatic carbocycles. The van der Waals surface area contributed by atoms with Crippen molar-refractivity contribution in [1.82, 2.24) is 4.90 Å². The summed E-state index contributed by atoms with van der Waals surface area (Å²) >= 11 is 0. The quantitative estimate of drug-likeness (QED) is 0.886. The van der Waals surface area contributed by atoms with Gasteiger partial charge < -0.3 is 15.3 Å². The van der Waals surface area contributed by atoms with Crippen LogP contribution < -0.4 is 5.32 Å². The lowest BCUT2D eigenvalue weighted by Gasteiger charge is -2.29. The standard InChI is InChI=1S/C16H22N2O2/c1-3-18-11-14-10-13(5-7-16(19)20)4-6-15(14)17-9-8-12(18)2/h4,6,10,17H,2-3,5,7-9,11H2,1H3,(H,19,20). The van der Waals surface area contributed by atoms with Crippen LogP contribution in [0.5, 0.6) is 0 Å². The molecule has 0 fully saturated rings. The Morgan fingerprint density at radius 1 is 1.50 bits per heavy atom. The zero-order valence-corrected chi connectivity index (χ0v) is 12.0. The molecule has 4 heteroatoms. The van der Waals surface area contributed by atoms with E-state index in [1.807, 2.05) is 6.07 Å². The largest absolute Gasteiger partial charge is 0.481 e. The third-order valence-corrected chi connectivity index (χ3v) is 3.72. The van der Waals surface area contributed by atoms with E-state index in [0.717, 1.165) is 43.0 Å². The number of rotatable bonds is 4. The minimum atomic E-state index is -0.751. The molecular weight excluding hydrogens is 252 g/mol. The van der Waals surface area contributed by atoms with Crippen molar-refractivity contribution in [2.24, 2.45) is 0 Å². The summed E-state index contributed by atoms with van der Waals surface area (Å²) < 4.78 is 0. The fourth-order valence-electron chi connectivity index (χ4n) is 2.51. The Kier molecular flexibility index (Phi) is 4.66. The lowest BCUT2D eigenvalue weighted by Crippen LogP contribution is -2.26. The molecule has 1 aliphatic rings. The van der Waals surface area contributed by atoms with Crippen LogP contribution >= 0.6 is 0 Å². The average molecular weight is 274 g/mol. The lowest BCUT2D eigenvalue weighted by atomic mass is 10.0. The van der Waals surface area contributed by atoms with Gasteiger partial charge >= 0.3 is 5.97 Å². The fourth-order valence-corrected chi connectivity index (χ4v) is 2.51. The maximum absolute atomic E-state index is 10.7. The molecule has 108 valence electrons. The molecule has 1 aromatic rings. The molecule has 0 aromatic heterocycles. The van der Waals surface area contributed by atoms with Crippen molar-refractivity contribution in [2.75, 3.05) is 18.4 Å². The van der Waals surface area contributed by atoms with Crippen LogP contribution in [0.15, 0.2) is 30.5 Å². The number of aryl methyl sites for hydroxylation is 1. The predicted molar refractivity (Wildman–Crippen MR) is 80.7 cm³/mol. The second-order valence-electron chi connectivity index (χ2n) is 5.14. The van der Waals surface area contributed by atoms with E-state index < -0.39 is 5.97 Å². The molecule has 0 saturated heterocycles. The van der Waals surface area contributed by atoms with Gasteiger partial charge in [0.05, 0.1) is 0 Å². The molecule has 0 atom stereocenters. The van der Waals surface area contributed by atoms with E-state index >= 15 is 0 Å². The van der Waals surface area contributed by atoms with Gasteiger partial charge in [-0.25, -0.2) is 0 Å². The van der Waals surface area contributed by atoms with E-state index in [4.69, 9.17) is 5.11 Å². The predicted octanol–water partition coefficient (Wildman–Crippen LogP) is 2.86. The highest BCUT2D eigenvalue weighted by atomic mass is 16.4. The van der Waals surface area contributed by atoms with Crippen LogP contribution in [0.25, 0.3) is 0 Å². The number of aliphatic carboxylic acids is 1. The molecule has 0 bridgehead atoms. The minimum Gasteiger partial charge on any atom is -0.481 e. The smallest absolute Gasteiger partial charge is 0.303 e. The molecule has 0 unspecified atom stereocenters. The molecule has 1 aliphatic heterocycles. The van der Waals surface area contributed by atoms with E-state index in [0.29, 0.717) is 6.42 Å². The fraction of sp³-hybridized carbons (Fsp3) is 0.438. The van der Waals surface area contributed by atoms with Gasteiger partial charge in [0.1, 0.15) is 0 Å². The van der Waals surface area contributed by atoms with Crippen molar-refractivity contribution in [3.05, 3.63) is 41.6 Å². The molecular formula is C16H22N2O2. The molecule has 0 spiro atoms. The third-order valence-electron chi connectivity index (χ3n) is 3.72. The van der Waals surface area contributed by atoms with Gasteiger partial charge in [-0.15, -0.1) is 0 Å². The summed E-state index contributed by atoms with van der Waals surface area (Å²) in [7, 11) is 0. The van der Waals surface area contributed by atoms with Crippen molar-refractivity contribution in [3.8, 4) is 0 Å². The van der Waals surface area contributed by atoms with Crippen LogP contribution in [0, 0.1) is 0 Å². The summed E-state index contributed by atoms with van der Waals surface area (Å²) in [6.45, 7) is 8.92. The number of nitrogens with zero attached hydrogens (tertiary/aromatic N) is 1. The highest BCUT2D eigenvalue weighted by molar-refractivity contribution is 5.67. The van der Waals surface area contributed by atoms with Crippen LogP contribution in [0.4, 0.5) is 5.69 Å². The lowest BCUT2D eigenvalue weighted by molar-refractivity contribution is -0.136. The maximum Gasteiger partial charge on any atom is 0.303 e. The van der Waals surface area contributed by atoms with E-state index in [9.17, 15) is 4.79 Å². The summed E-state index contributed by atoms with van der Waals surface area (Å²) in [5.74, 6) is -0.751. The van der Waals surface area contributed by atoms with Crippen LogP contribution in [0.2, 0.25) is 0 Å². The van der Waals surface area contributed by atoms with Crippen molar-refractivity contribution >= 4 is 11.7 Å². The molecule has 0 amide bonds. The molecule has 0 aliphatic carbocycles. The monoisotopic (exact) mass is 274 g/mol. The van der Waals surface area contributed by atoms with Gasteiger partial charge in [0.15, 0.2) is 0 Å². The van der Waals surface area contributed by atoms with Gasteiger partial charge in [0.2, 0.25) is 0 Å². The zero-order valence-electron chi connectivity index (χ0n) is 12.0. The number of carbonyl (C=O) groups is 1. The molecule has 1 heterocycles. The Morgan fingerprint density at radius 3 is 3.00 bits per heavy atom. The number of hydrogen-bond donors (Lipinski definition) is 2. The molecule has 0 saturated carbocycles. The maximum atomic E-state index is 10.7. The van der Waals surface area contributed by atoms with Crippen LogP contribution in [-0.4, -0.2) is 29.1 Å². The first kappa shape index (κ1) is 14.4. The summed E-state index contributed by atoms with van der Waals surface area (Å²) in [6.07, 6.45) is 1.71. The Bertz CT molecular complexity index is 511. The number of anilines is 1. The van der Waals surface area contributed by atoms with Gasteiger partial charge in [-0.05, 0) is 30.5 Å². The van der Waals surface area contributed by atoms with Crippen molar-refractivity contribution in [1.29, 1.82) is 0 Å².